The van der Waals surface area contributed by atoms with Gasteiger partial charge in [-0.1, -0.05) is 61.5 Å². The molecule has 0 bridgehead atoms. The zero-order valence-corrected chi connectivity index (χ0v) is 20.8. The number of rotatable bonds is 3. The number of amides is 1. The van der Waals surface area contributed by atoms with Crippen LogP contribution in [0.1, 0.15) is 87.7 Å². The molecule has 3 rings (SSSR count). The smallest absolute Gasteiger partial charge is 0.254 e. The largest absolute Gasteiger partial charge is 0.368 e. The molecule has 4 heteroatoms. The van der Waals surface area contributed by atoms with E-state index in [0.29, 0.717) is 5.92 Å². The van der Waals surface area contributed by atoms with Gasteiger partial charge in [0, 0.05) is 42.1 Å². The minimum Gasteiger partial charge on any atom is -0.368 e. The number of anilines is 1. The molecule has 0 N–H and O–H groups in total. The Balaban J connectivity index is 1.76. The Hall–Kier alpha value is -1.81. The highest BCUT2D eigenvalue weighted by Crippen LogP contribution is 2.34. The number of hydrogen-bond acceptors (Lipinski definition) is 3. The molecule has 2 aromatic rings. The molecule has 30 heavy (non-hydrogen) atoms. The molecule has 0 unspecified atom stereocenters. The molecule has 1 aliphatic rings. The number of thiophene rings is 1. The van der Waals surface area contributed by atoms with Crippen molar-refractivity contribution in [1.29, 1.82) is 0 Å². The molecule has 0 atom stereocenters. The standard InChI is InChI=1S/C26H38N2OS/c1-18(2)23-13-19(17-30-23)24(29)28-11-9-27(10-12-28)22-15-20(25(3,4)5)14-21(16-22)26(6,7)8/h13-18H,9-12H2,1-8H3. The maximum absolute atomic E-state index is 13.0. The fraction of sp³-hybridized carbons (Fsp3) is 0.577. The fourth-order valence-electron chi connectivity index (χ4n) is 3.78. The van der Waals surface area contributed by atoms with Gasteiger partial charge in [0.2, 0.25) is 0 Å². The number of carbonyl (C=O) groups excluding carboxylic acids is 1. The first kappa shape index (κ1) is 22.9. The number of piperazine rings is 1. The van der Waals surface area contributed by atoms with Crippen LogP contribution in [-0.2, 0) is 10.8 Å². The summed E-state index contributed by atoms with van der Waals surface area (Å²) in [4.78, 5) is 18.7. The van der Waals surface area contributed by atoms with Crippen molar-refractivity contribution in [2.24, 2.45) is 0 Å². The fourth-order valence-corrected chi connectivity index (χ4v) is 4.68. The molecule has 1 aromatic carbocycles. The van der Waals surface area contributed by atoms with E-state index in [9.17, 15) is 4.79 Å². The first-order valence-corrected chi connectivity index (χ1v) is 12.0. The SMILES string of the molecule is CC(C)c1cc(C(=O)N2CCN(c3cc(C(C)(C)C)cc(C(C)(C)C)c3)CC2)cs1. The zero-order chi connectivity index (χ0) is 22.3. The van der Waals surface area contributed by atoms with E-state index in [1.54, 1.807) is 11.3 Å². The van der Waals surface area contributed by atoms with E-state index in [4.69, 9.17) is 0 Å². The Morgan fingerprint density at radius 2 is 1.40 bits per heavy atom. The van der Waals surface area contributed by atoms with Crippen molar-refractivity contribution >= 4 is 22.9 Å². The van der Waals surface area contributed by atoms with Crippen LogP contribution in [0.4, 0.5) is 5.69 Å². The van der Waals surface area contributed by atoms with Crippen LogP contribution >= 0.6 is 11.3 Å². The summed E-state index contributed by atoms with van der Waals surface area (Å²) in [6.45, 7) is 21.3. The first-order chi connectivity index (χ1) is 13.9. The Kier molecular flexibility index (Phi) is 6.38. The van der Waals surface area contributed by atoms with Gasteiger partial charge in [0.25, 0.3) is 5.91 Å². The van der Waals surface area contributed by atoms with E-state index in [-0.39, 0.29) is 16.7 Å². The Labute approximate surface area is 187 Å². The second-order valence-electron chi connectivity index (χ2n) is 10.9. The molecule has 0 aliphatic carbocycles. The lowest BCUT2D eigenvalue weighted by atomic mass is 9.80. The van der Waals surface area contributed by atoms with Crippen LogP contribution in [0.3, 0.4) is 0 Å². The third-order valence-electron chi connectivity index (χ3n) is 6.02. The van der Waals surface area contributed by atoms with Gasteiger partial charge in [-0.05, 0) is 46.1 Å². The van der Waals surface area contributed by atoms with Gasteiger partial charge in [0.1, 0.15) is 0 Å². The van der Waals surface area contributed by atoms with Gasteiger partial charge >= 0.3 is 0 Å². The van der Waals surface area contributed by atoms with E-state index in [1.165, 1.54) is 21.7 Å². The highest BCUT2D eigenvalue weighted by molar-refractivity contribution is 7.10. The number of hydrogen-bond donors (Lipinski definition) is 0. The van der Waals surface area contributed by atoms with Gasteiger partial charge < -0.3 is 9.80 Å². The lowest BCUT2D eigenvalue weighted by Crippen LogP contribution is -2.48. The van der Waals surface area contributed by atoms with Crippen molar-refractivity contribution in [3.63, 3.8) is 0 Å². The van der Waals surface area contributed by atoms with E-state index >= 15 is 0 Å². The third-order valence-corrected chi connectivity index (χ3v) is 7.25. The third kappa shape index (κ3) is 5.08. The Morgan fingerprint density at radius 3 is 1.83 bits per heavy atom. The average Bonchev–Trinajstić information content (AvgIpc) is 3.16. The number of nitrogens with zero attached hydrogens (tertiary/aromatic N) is 2. The van der Waals surface area contributed by atoms with Gasteiger partial charge in [-0.15, -0.1) is 11.3 Å². The predicted molar refractivity (Wildman–Crippen MR) is 130 cm³/mol. The van der Waals surface area contributed by atoms with Crippen LogP contribution in [0.25, 0.3) is 0 Å². The summed E-state index contributed by atoms with van der Waals surface area (Å²) in [5.41, 5.74) is 5.12. The zero-order valence-electron chi connectivity index (χ0n) is 20.0. The lowest BCUT2D eigenvalue weighted by Gasteiger charge is -2.37. The van der Waals surface area contributed by atoms with Gasteiger partial charge in [-0.25, -0.2) is 0 Å². The second kappa shape index (κ2) is 8.37. The van der Waals surface area contributed by atoms with E-state index in [1.807, 2.05) is 10.3 Å². The second-order valence-corrected chi connectivity index (χ2v) is 11.9. The Morgan fingerprint density at radius 1 is 0.867 bits per heavy atom. The summed E-state index contributed by atoms with van der Waals surface area (Å²) in [7, 11) is 0. The molecular formula is C26H38N2OS. The minimum atomic E-state index is 0.112. The molecule has 3 nitrogen and oxygen atoms in total. The summed E-state index contributed by atoms with van der Waals surface area (Å²) >= 11 is 1.70. The molecule has 164 valence electrons. The van der Waals surface area contributed by atoms with Crippen LogP contribution in [0, 0.1) is 0 Å². The summed E-state index contributed by atoms with van der Waals surface area (Å²) in [6.07, 6.45) is 0. The maximum Gasteiger partial charge on any atom is 0.254 e. The monoisotopic (exact) mass is 426 g/mol. The molecule has 1 fully saturated rings. The van der Waals surface area contributed by atoms with Crippen molar-refractivity contribution in [1.82, 2.24) is 4.90 Å². The van der Waals surface area contributed by atoms with Gasteiger partial charge in [0.15, 0.2) is 0 Å². The van der Waals surface area contributed by atoms with Crippen LogP contribution in [0.2, 0.25) is 0 Å². The molecule has 1 aromatic heterocycles. The van der Waals surface area contributed by atoms with E-state index in [2.05, 4.69) is 84.6 Å². The quantitative estimate of drug-likeness (QED) is 0.565. The summed E-state index contributed by atoms with van der Waals surface area (Å²) in [5.74, 6) is 0.650. The van der Waals surface area contributed by atoms with Crippen LogP contribution in [-0.4, -0.2) is 37.0 Å². The molecule has 1 amide bonds. The van der Waals surface area contributed by atoms with Crippen molar-refractivity contribution < 1.29 is 4.79 Å². The van der Waals surface area contributed by atoms with E-state index in [0.717, 1.165) is 31.7 Å². The van der Waals surface area contributed by atoms with Crippen molar-refractivity contribution in [2.75, 3.05) is 31.1 Å². The molecule has 1 saturated heterocycles. The molecule has 0 radical (unpaired) electrons. The summed E-state index contributed by atoms with van der Waals surface area (Å²) in [5, 5.41) is 2.02. The lowest BCUT2D eigenvalue weighted by molar-refractivity contribution is 0.0747. The topological polar surface area (TPSA) is 23.6 Å². The number of carbonyl (C=O) groups is 1. The van der Waals surface area contributed by atoms with Crippen molar-refractivity contribution in [3.8, 4) is 0 Å². The molecule has 0 saturated carbocycles. The summed E-state index contributed by atoms with van der Waals surface area (Å²) < 4.78 is 0. The number of benzene rings is 1. The maximum atomic E-state index is 13.0. The highest BCUT2D eigenvalue weighted by Gasteiger charge is 2.26. The predicted octanol–water partition coefficient (Wildman–Crippen LogP) is 6.43. The minimum absolute atomic E-state index is 0.112. The van der Waals surface area contributed by atoms with Gasteiger partial charge in [-0.3, -0.25) is 4.79 Å². The Bertz CT molecular complexity index is 858. The van der Waals surface area contributed by atoms with Crippen LogP contribution in [0.15, 0.2) is 29.6 Å². The molecule has 1 aliphatic heterocycles. The van der Waals surface area contributed by atoms with Gasteiger partial charge in [0.05, 0.1) is 5.56 Å². The molecule has 0 spiro atoms. The normalized spacial score (nSPS) is 15.8. The van der Waals surface area contributed by atoms with Crippen molar-refractivity contribution in [3.05, 3.63) is 51.2 Å². The average molecular weight is 427 g/mol. The van der Waals surface area contributed by atoms with Gasteiger partial charge in [-0.2, -0.15) is 0 Å². The van der Waals surface area contributed by atoms with Crippen LogP contribution in [0.5, 0.6) is 0 Å². The van der Waals surface area contributed by atoms with Crippen LogP contribution < -0.4 is 4.90 Å². The van der Waals surface area contributed by atoms with Crippen molar-refractivity contribution in [2.45, 2.75) is 72.1 Å². The summed E-state index contributed by atoms with van der Waals surface area (Å²) in [6, 6.07) is 9.14. The molecular weight excluding hydrogens is 388 g/mol. The first-order valence-electron chi connectivity index (χ1n) is 11.1. The van der Waals surface area contributed by atoms with E-state index < -0.39 is 0 Å². The molecule has 2 heterocycles. The highest BCUT2D eigenvalue weighted by atomic mass is 32.1.